The number of nitrogens with zero attached hydrogens (tertiary/aromatic N) is 4. The van der Waals surface area contributed by atoms with E-state index in [2.05, 4.69) is 32.8 Å². The van der Waals surface area contributed by atoms with E-state index in [-0.39, 0.29) is 5.82 Å². The number of hydrogen-bond acceptors (Lipinski definition) is 4. The average Bonchev–Trinajstić information content (AvgIpc) is 2.99. The van der Waals surface area contributed by atoms with Crippen LogP contribution in [-0.2, 0) is 0 Å². The van der Waals surface area contributed by atoms with Crippen molar-refractivity contribution in [1.29, 1.82) is 0 Å². The van der Waals surface area contributed by atoms with Gasteiger partial charge in [0.15, 0.2) is 11.5 Å². The van der Waals surface area contributed by atoms with Gasteiger partial charge >= 0.3 is 0 Å². The molecule has 0 bridgehead atoms. The normalized spacial score (nSPS) is 17.5. The molecule has 4 rings (SSSR count). The van der Waals surface area contributed by atoms with Gasteiger partial charge in [0, 0.05) is 6.04 Å². The fourth-order valence-electron chi connectivity index (χ4n) is 2.81. The van der Waals surface area contributed by atoms with Crippen LogP contribution >= 0.6 is 0 Å². The first-order valence-electron chi connectivity index (χ1n) is 7.70. The Kier molecular flexibility index (Phi) is 3.49. The van der Waals surface area contributed by atoms with E-state index in [0.29, 0.717) is 23.1 Å². The number of halogens is 1. The molecule has 1 aliphatic carbocycles. The zero-order chi connectivity index (χ0) is 15.6. The van der Waals surface area contributed by atoms with Gasteiger partial charge < -0.3 is 5.32 Å². The van der Waals surface area contributed by atoms with Crippen molar-refractivity contribution in [3.8, 4) is 11.4 Å². The molecule has 0 radical (unpaired) electrons. The molecule has 5 nitrogen and oxygen atoms in total. The third-order valence-corrected chi connectivity index (χ3v) is 4.00. The Bertz CT molecular complexity index is 870. The molecule has 0 aliphatic heterocycles. The summed E-state index contributed by atoms with van der Waals surface area (Å²) in [7, 11) is 0. The Morgan fingerprint density at radius 1 is 1.09 bits per heavy atom. The molecule has 1 atom stereocenters. The molecule has 23 heavy (non-hydrogen) atoms. The zero-order valence-corrected chi connectivity index (χ0v) is 12.5. The van der Waals surface area contributed by atoms with E-state index < -0.39 is 0 Å². The molecular formula is C17H16FN5. The second kappa shape index (κ2) is 5.79. The average molecular weight is 309 g/mol. The second-order valence-electron chi connectivity index (χ2n) is 5.62. The largest absolute Gasteiger partial charge is 0.366 e. The molecule has 2 heterocycles. The molecule has 0 saturated heterocycles. The summed E-state index contributed by atoms with van der Waals surface area (Å²) in [5, 5.41) is 16.1. The van der Waals surface area contributed by atoms with Crippen LogP contribution in [-0.4, -0.2) is 25.9 Å². The summed E-state index contributed by atoms with van der Waals surface area (Å²) in [6.07, 6.45) is 7.53. The topological polar surface area (TPSA) is 55.1 Å². The molecule has 0 saturated carbocycles. The van der Waals surface area contributed by atoms with Crippen LogP contribution in [0.2, 0.25) is 0 Å². The maximum absolute atomic E-state index is 14.0. The van der Waals surface area contributed by atoms with Crippen LogP contribution in [0, 0.1) is 5.82 Å². The molecule has 1 aromatic carbocycles. The highest BCUT2D eigenvalue weighted by molar-refractivity contribution is 5.60. The highest BCUT2D eigenvalue weighted by Crippen LogP contribution is 2.22. The van der Waals surface area contributed by atoms with Gasteiger partial charge in [-0.05, 0) is 43.5 Å². The summed E-state index contributed by atoms with van der Waals surface area (Å²) in [5.74, 6) is 0.819. The van der Waals surface area contributed by atoms with Crippen LogP contribution in [0.4, 0.5) is 10.2 Å². The molecular weight excluding hydrogens is 293 g/mol. The molecule has 1 unspecified atom stereocenters. The van der Waals surface area contributed by atoms with E-state index in [1.165, 1.54) is 6.07 Å². The summed E-state index contributed by atoms with van der Waals surface area (Å²) >= 11 is 0. The summed E-state index contributed by atoms with van der Waals surface area (Å²) in [5.41, 5.74) is 0.989. The Morgan fingerprint density at radius 2 is 2.00 bits per heavy atom. The smallest absolute Gasteiger partial charge is 0.188 e. The molecule has 0 amide bonds. The minimum absolute atomic E-state index is 0.334. The monoisotopic (exact) mass is 309 g/mol. The van der Waals surface area contributed by atoms with Crippen LogP contribution in [0.3, 0.4) is 0 Å². The predicted octanol–water partition coefficient (Wildman–Crippen LogP) is 3.45. The number of nitrogens with one attached hydrogen (secondary N) is 1. The van der Waals surface area contributed by atoms with Gasteiger partial charge in [0.2, 0.25) is 0 Å². The second-order valence-corrected chi connectivity index (χ2v) is 5.62. The Hall–Kier alpha value is -2.76. The first-order chi connectivity index (χ1) is 11.3. The van der Waals surface area contributed by atoms with Crippen LogP contribution in [0.5, 0.6) is 0 Å². The number of benzene rings is 1. The number of rotatable bonds is 3. The number of allylic oxidation sites excluding steroid dienone is 1. The third kappa shape index (κ3) is 2.67. The first-order valence-corrected chi connectivity index (χ1v) is 7.70. The van der Waals surface area contributed by atoms with E-state index in [9.17, 15) is 4.39 Å². The summed E-state index contributed by atoms with van der Waals surface area (Å²) < 4.78 is 15.6. The minimum Gasteiger partial charge on any atom is -0.366 e. The van der Waals surface area contributed by atoms with Crippen molar-refractivity contribution in [2.45, 2.75) is 25.3 Å². The highest BCUT2D eigenvalue weighted by Gasteiger charge is 2.15. The third-order valence-electron chi connectivity index (χ3n) is 4.00. The van der Waals surface area contributed by atoms with Gasteiger partial charge in [-0.1, -0.05) is 24.3 Å². The number of anilines is 1. The van der Waals surface area contributed by atoms with E-state index >= 15 is 0 Å². The lowest BCUT2D eigenvalue weighted by atomic mass is 10.0. The van der Waals surface area contributed by atoms with Crippen LogP contribution in [0.15, 0.2) is 48.6 Å². The van der Waals surface area contributed by atoms with Gasteiger partial charge in [-0.15, -0.1) is 15.3 Å². The van der Waals surface area contributed by atoms with Crippen molar-refractivity contribution in [2.24, 2.45) is 0 Å². The molecule has 0 spiro atoms. The first kappa shape index (κ1) is 13.9. The fourth-order valence-corrected chi connectivity index (χ4v) is 2.81. The lowest BCUT2D eigenvalue weighted by Gasteiger charge is -2.19. The van der Waals surface area contributed by atoms with Crippen molar-refractivity contribution in [3.05, 3.63) is 54.4 Å². The Balaban J connectivity index is 1.71. The summed E-state index contributed by atoms with van der Waals surface area (Å²) in [6.45, 7) is 0. The lowest BCUT2D eigenvalue weighted by molar-refractivity contribution is 0.628. The van der Waals surface area contributed by atoms with E-state index in [4.69, 9.17) is 0 Å². The lowest BCUT2D eigenvalue weighted by Crippen LogP contribution is -2.21. The SMILES string of the molecule is Fc1ccccc1-c1nnc2ccc(NC3CC=CCC3)nn12. The zero-order valence-electron chi connectivity index (χ0n) is 12.5. The van der Waals surface area contributed by atoms with Crippen molar-refractivity contribution < 1.29 is 4.39 Å². The van der Waals surface area contributed by atoms with Crippen molar-refractivity contribution >= 4 is 11.5 Å². The maximum atomic E-state index is 14.0. The van der Waals surface area contributed by atoms with Crippen LogP contribution in [0.25, 0.3) is 17.0 Å². The quantitative estimate of drug-likeness (QED) is 0.753. The number of fused-ring (bicyclic) bond motifs is 1. The van der Waals surface area contributed by atoms with Crippen LogP contribution < -0.4 is 5.32 Å². The fraction of sp³-hybridized carbons (Fsp3) is 0.235. The highest BCUT2D eigenvalue weighted by atomic mass is 19.1. The molecule has 3 aromatic rings. The van der Waals surface area contributed by atoms with Gasteiger partial charge in [-0.3, -0.25) is 0 Å². The van der Waals surface area contributed by atoms with E-state index in [1.807, 2.05) is 12.1 Å². The molecule has 0 fully saturated rings. The number of hydrogen-bond donors (Lipinski definition) is 1. The summed E-state index contributed by atoms with van der Waals surface area (Å²) in [4.78, 5) is 0. The van der Waals surface area contributed by atoms with Gasteiger partial charge in [-0.25, -0.2) is 4.39 Å². The van der Waals surface area contributed by atoms with E-state index in [0.717, 1.165) is 25.1 Å². The van der Waals surface area contributed by atoms with Gasteiger partial charge in [0.05, 0.1) is 5.56 Å². The van der Waals surface area contributed by atoms with Gasteiger partial charge in [0.1, 0.15) is 11.6 Å². The van der Waals surface area contributed by atoms with Gasteiger partial charge in [-0.2, -0.15) is 4.52 Å². The Morgan fingerprint density at radius 3 is 2.83 bits per heavy atom. The van der Waals surface area contributed by atoms with Crippen LogP contribution in [0.1, 0.15) is 19.3 Å². The van der Waals surface area contributed by atoms with Crippen molar-refractivity contribution in [3.63, 3.8) is 0 Å². The number of aromatic nitrogens is 4. The molecule has 116 valence electrons. The van der Waals surface area contributed by atoms with Gasteiger partial charge in [0.25, 0.3) is 0 Å². The standard InChI is InChI=1S/C17H16FN5/c18-14-9-5-4-8-13(14)17-21-20-16-11-10-15(22-23(16)17)19-12-6-2-1-3-7-12/h1-2,4-5,8-12H,3,6-7H2,(H,19,22). The Labute approximate surface area is 132 Å². The minimum atomic E-state index is -0.334. The predicted molar refractivity (Wildman–Crippen MR) is 86.6 cm³/mol. The molecule has 1 N–H and O–H groups in total. The molecule has 6 heteroatoms. The summed E-state index contributed by atoms with van der Waals surface area (Å²) in [6, 6.07) is 10.6. The molecule has 1 aliphatic rings. The molecule has 2 aromatic heterocycles. The van der Waals surface area contributed by atoms with E-state index in [1.54, 1.807) is 22.7 Å². The van der Waals surface area contributed by atoms with Crippen molar-refractivity contribution in [2.75, 3.05) is 5.32 Å². The van der Waals surface area contributed by atoms with Crippen molar-refractivity contribution in [1.82, 2.24) is 19.8 Å². The maximum Gasteiger partial charge on any atom is 0.188 e.